The van der Waals surface area contributed by atoms with Gasteiger partial charge in [0.25, 0.3) is 0 Å². The first kappa shape index (κ1) is 9.03. The van der Waals surface area contributed by atoms with E-state index in [1.54, 1.807) is 11.7 Å². The minimum Gasteiger partial charge on any atom is -0.353 e. The van der Waals surface area contributed by atoms with Crippen LogP contribution >= 0.6 is 0 Å². The van der Waals surface area contributed by atoms with Crippen LogP contribution in [0.1, 0.15) is 5.69 Å². The Balaban J connectivity index is 2.19. The van der Waals surface area contributed by atoms with Crippen LogP contribution in [0, 0.1) is 11.3 Å². The number of hydrogen-bond donors (Lipinski definition) is 1. The largest absolute Gasteiger partial charge is 0.353 e. The number of aryl methyl sites for hydroxylation is 1. The Bertz CT molecular complexity index is 356. The van der Waals surface area contributed by atoms with E-state index in [0.29, 0.717) is 5.69 Å². The summed E-state index contributed by atoms with van der Waals surface area (Å²) in [6.07, 6.45) is 0. The van der Waals surface area contributed by atoms with E-state index in [1.165, 1.54) is 0 Å². The molecule has 1 fully saturated rings. The second kappa shape index (κ2) is 3.68. The van der Waals surface area contributed by atoms with Crippen molar-refractivity contribution in [3.63, 3.8) is 0 Å². The molecule has 0 aromatic carbocycles. The van der Waals surface area contributed by atoms with E-state index in [9.17, 15) is 0 Å². The second-order valence-corrected chi connectivity index (χ2v) is 3.36. The number of hydrogen-bond acceptors (Lipinski definition) is 4. The Labute approximate surface area is 82.9 Å². The molecule has 74 valence electrons. The van der Waals surface area contributed by atoms with E-state index in [4.69, 9.17) is 5.26 Å². The van der Waals surface area contributed by atoms with Crippen molar-refractivity contribution in [2.75, 3.05) is 31.1 Å². The molecule has 0 saturated carbocycles. The van der Waals surface area contributed by atoms with Gasteiger partial charge < -0.3 is 10.2 Å². The summed E-state index contributed by atoms with van der Waals surface area (Å²) >= 11 is 0. The van der Waals surface area contributed by atoms with Crippen LogP contribution in [0.3, 0.4) is 0 Å². The molecular weight excluding hydrogens is 178 g/mol. The summed E-state index contributed by atoms with van der Waals surface area (Å²) in [7, 11) is 1.80. The van der Waals surface area contributed by atoms with Crippen LogP contribution in [0.5, 0.6) is 0 Å². The Morgan fingerprint density at radius 3 is 2.79 bits per heavy atom. The van der Waals surface area contributed by atoms with Crippen LogP contribution in [0.25, 0.3) is 0 Å². The number of anilines is 1. The Morgan fingerprint density at radius 2 is 2.21 bits per heavy atom. The third-order valence-corrected chi connectivity index (χ3v) is 2.42. The molecular formula is C9H13N5. The van der Waals surface area contributed by atoms with E-state index in [2.05, 4.69) is 21.4 Å². The quantitative estimate of drug-likeness (QED) is 0.662. The van der Waals surface area contributed by atoms with Gasteiger partial charge in [0.2, 0.25) is 0 Å². The molecule has 1 aliphatic rings. The second-order valence-electron chi connectivity index (χ2n) is 3.36. The van der Waals surface area contributed by atoms with Crippen molar-refractivity contribution in [1.82, 2.24) is 15.1 Å². The highest BCUT2D eigenvalue weighted by molar-refractivity contribution is 5.43. The van der Waals surface area contributed by atoms with Crippen LogP contribution in [0.2, 0.25) is 0 Å². The van der Waals surface area contributed by atoms with Gasteiger partial charge in [-0.3, -0.25) is 4.68 Å². The molecule has 1 N–H and O–H groups in total. The van der Waals surface area contributed by atoms with Gasteiger partial charge >= 0.3 is 0 Å². The first-order chi connectivity index (χ1) is 6.81. The van der Waals surface area contributed by atoms with E-state index >= 15 is 0 Å². The van der Waals surface area contributed by atoms with Crippen molar-refractivity contribution in [2.24, 2.45) is 7.05 Å². The van der Waals surface area contributed by atoms with Crippen molar-refractivity contribution in [2.45, 2.75) is 0 Å². The van der Waals surface area contributed by atoms with Crippen LogP contribution < -0.4 is 10.2 Å². The van der Waals surface area contributed by atoms with Crippen LogP contribution in [-0.4, -0.2) is 36.0 Å². The lowest BCUT2D eigenvalue weighted by molar-refractivity contribution is 0.581. The standard InChI is InChI=1S/C9H13N5/c1-13-8(7-10)6-9(12-13)14-4-2-11-3-5-14/h6,11H,2-5H2,1H3. The van der Waals surface area contributed by atoms with Crippen LogP contribution in [0.15, 0.2) is 6.07 Å². The third-order valence-electron chi connectivity index (χ3n) is 2.42. The topological polar surface area (TPSA) is 56.9 Å². The van der Waals surface area contributed by atoms with Crippen molar-refractivity contribution in [3.05, 3.63) is 11.8 Å². The van der Waals surface area contributed by atoms with Gasteiger partial charge in [0.15, 0.2) is 5.82 Å². The summed E-state index contributed by atoms with van der Waals surface area (Å²) in [5, 5.41) is 16.4. The molecule has 1 aliphatic heterocycles. The molecule has 1 saturated heterocycles. The van der Waals surface area contributed by atoms with Gasteiger partial charge in [-0.1, -0.05) is 0 Å². The normalized spacial score (nSPS) is 16.7. The highest BCUT2D eigenvalue weighted by Gasteiger charge is 2.14. The molecule has 0 unspecified atom stereocenters. The van der Waals surface area contributed by atoms with Crippen molar-refractivity contribution in [1.29, 1.82) is 5.26 Å². The minimum absolute atomic E-state index is 0.610. The monoisotopic (exact) mass is 191 g/mol. The number of nitrogens with zero attached hydrogens (tertiary/aromatic N) is 4. The van der Waals surface area contributed by atoms with Gasteiger partial charge in [0.1, 0.15) is 11.8 Å². The zero-order chi connectivity index (χ0) is 9.97. The fourth-order valence-electron chi connectivity index (χ4n) is 1.61. The van der Waals surface area contributed by atoms with E-state index in [1.807, 2.05) is 6.07 Å². The van der Waals surface area contributed by atoms with Gasteiger partial charge in [-0.25, -0.2) is 0 Å². The number of rotatable bonds is 1. The van der Waals surface area contributed by atoms with Crippen LogP contribution in [0.4, 0.5) is 5.82 Å². The number of nitriles is 1. The van der Waals surface area contributed by atoms with Gasteiger partial charge in [-0.15, -0.1) is 0 Å². The van der Waals surface area contributed by atoms with Gasteiger partial charge in [-0.2, -0.15) is 10.4 Å². The lowest BCUT2D eigenvalue weighted by Gasteiger charge is -2.26. The zero-order valence-corrected chi connectivity index (χ0v) is 8.19. The summed E-state index contributed by atoms with van der Waals surface area (Å²) in [5.41, 5.74) is 0.610. The average Bonchev–Trinajstić information content (AvgIpc) is 2.61. The van der Waals surface area contributed by atoms with Gasteiger partial charge in [0.05, 0.1) is 0 Å². The summed E-state index contributed by atoms with van der Waals surface area (Å²) in [5.74, 6) is 0.908. The van der Waals surface area contributed by atoms with Gasteiger partial charge in [0, 0.05) is 39.3 Å². The smallest absolute Gasteiger partial charge is 0.152 e. The molecule has 0 radical (unpaired) electrons. The van der Waals surface area contributed by atoms with Crippen molar-refractivity contribution < 1.29 is 0 Å². The van der Waals surface area contributed by atoms with Gasteiger partial charge in [-0.05, 0) is 0 Å². The summed E-state index contributed by atoms with van der Waals surface area (Å²) in [4.78, 5) is 2.19. The van der Waals surface area contributed by atoms with E-state index in [0.717, 1.165) is 32.0 Å². The summed E-state index contributed by atoms with van der Waals surface area (Å²) in [6, 6.07) is 3.95. The Morgan fingerprint density at radius 1 is 1.50 bits per heavy atom. The molecule has 5 heteroatoms. The molecule has 0 aliphatic carbocycles. The lowest BCUT2D eigenvalue weighted by Crippen LogP contribution is -2.43. The van der Waals surface area contributed by atoms with E-state index < -0.39 is 0 Å². The summed E-state index contributed by atoms with van der Waals surface area (Å²) in [6.45, 7) is 3.89. The predicted molar refractivity (Wildman–Crippen MR) is 53.0 cm³/mol. The molecule has 5 nitrogen and oxygen atoms in total. The maximum atomic E-state index is 8.79. The molecule has 0 spiro atoms. The molecule has 0 bridgehead atoms. The zero-order valence-electron chi connectivity index (χ0n) is 8.19. The summed E-state index contributed by atoms with van der Waals surface area (Å²) < 4.78 is 1.62. The first-order valence-corrected chi connectivity index (χ1v) is 4.71. The highest BCUT2D eigenvalue weighted by atomic mass is 15.4. The molecule has 2 rings (SSSR count). The number of piperazine rings is 1. The maximum Gasteiger partial charge on any atom is 0.152 e. The lowest BCUT2D eigenvalue weighted by atomic mass is 10.3. The average molecular weight is 191 g/mol. The predicted octanol–water partition coefficient (Wildman–Crippen LogP) is -0.299. The Hall–Kier alpha value is -1.54. The SMILES string of the molecule is Cn1nc(N2CCNCC2)cc1C#N. The van der Waals surface area contributed by atoms with Crippen molar-refractivity contribution >= 4 is 5.82 Å². The minimum atomic E-state index is 0.610. The molecule has 1 aromatic rings. The van der Waals surface area contributed by atoms with Crippen LogP contribution in [-0.2, 0) is 7.05 Å². The fraction of sp³-hybridized carbons (Fsp3) is 0.556. The number of aromatic nitrogens is 2. The molecule has 14 heavy (non-hydrogen) atoms. The highest BCUT2D eigenvalue weighted by Crippen LogP contribution is 2.13. The fourth-order valence-corrected chi connectivity index (χ4v) is 1.61. The molecule has 0 atom stereocenters. The van der Waals surface area contributed by atoms with Crippen molar-refractivity contribution in [3.8, 4) is 6.07 Å². The Kier molecular flexibility index (Phi) is 2.37. The third kappa shape index (κ3) is 1.56. The molecule has 1 aromatic heterocycles. The van der Waals surface area contributed by atoms with E-state index in [-0.39, 0.29) is 0 Å². The maximum absolute atomic E-state index is 8.79. The number of nitrogens with one attached hydrogen (secondary N) is 1. The molecule has 0 amide bonds. The molecule has 2 heterocycles. The first-order valence-electron chi connectivity index (χ1n) is 4.71.